The van der Waals surface area contributed by atoms with E-state index in [1.807, 2.05) is 25.1 Å². The van der Waals surface area contributed by atoms with Gasteiger partial charge in [-0.1, -0.05) is 12.1 Å². The van der Waals surface area contributed by atoms with Gasteiger partial charge < -0.3 is 4.42 Å². The fourth-order valence-corrected chi connectivity index (χ4v) is 1.51. The first-order chi connectivity index (χ1) is 6.20. The van der Waals surface area contributed by atoms with Crippen LogP contribution in [0.4, 0.5) is 0 Å². The number of benzene rings is 1. The van der Waals surface area contributed by atoms with Gasteiger partial charge in [0, 0.05) is 10.9 Å². The molecule has 0 amide bonds. The first kappa shape index (κ1) is 8.05. The lowest BCUT2D eigenvalue weighted by atomic mass is 10.0. The lowest BCUT2D eigenvalue weighted by Gasteiger charge is -1.99. The van der Waals surface area contributed by atoms with Gasteiger partial charge in [-0.3, -0.25) is 4.79 Å². The lowest BCUT2D eigenvalue weighted by Crippen LogP contribution is -1.92. The van der Waals surface area contributed by atoms with E-state index in [1.165, 1.54) is 0 Å². The van der Waals surface area contributed by atoms with Crippen molar-refractivity contribution in [1.29, 1.82) is 0 Å². The summed E-state index contributed by atoms with van der Waals surface area (Å²) in [5, 5.41) is 0.910. The third-order valence-electron chi connectivity index (χ3n) is 2.19. The minimum absolute atomic E-state index is 0.0754. The van der Waals surface area contributed by atoms with E-state index in [0.717, 1.165) is 22.1 Å². The Morgan fingerprint density at radius 2 is 2.08 bits per heavy atom. The van der Waals surface area contributed by atoms with Crippen molar-refractivity contribution < 1.29 is 9.21 Å². The van der Waals surface area contributed by atoms with Crippen LogP contribution in [0.15, 0.2) is 28.9 Å². The Morgan fingerprint density at radius 3 is 2.77 bits per heavy atom. The molecule has 1 aromatic carbocycles. The number of carbonyl (C=O) groups is 1. The van der Waals surface area contributed by atoms with Crippen molar-refractivity contribution in [2.45, 2.75) is 13.8 Å². The van der Waals surface area contributed by atoms with Gasteiger partial charge in [-0.2, -0.15) is 0 Å². The second kappa shape index (κ2) is 2.73. The van der Waals surface area contributed by atoms with Gasteiger partial charge in [0.15, 0.2) is 5.78 Å². The molecule has 0 radical (unpaired) electrons. The summed E-state index contributed by atoms with van der Waals surface area (Å²) >= 11 is 0. The van der Waals surface area contributed by atoms with E-state index in [2.05, 4.69) is 0 Å². The van der Waals surface area contributed by atoms with E-state index < -0.39 is 0 Å². The molecule has 2 aromatic rings. The number of Topliss-reactive ketones (excluding diaryl/α,β-unsaturated/α-hetero) is 1. The molecular weight excluding hydrogens is 164 g/mol. The molecule has 0 spiro atoms. The molecule has 2 rings (SSSR count). The smallest absolute Gasteiger partial charge is 0.160 e. The molecule has 1 aromatic heterocycles. The third-order valence-corrected chi connectivity index (χ3v) is 2.19. The number of fused-ring (bicyclic) bond motifs is 1. The van der Waals surface area contributed by atoms with Gasteiger partial charge in [0.1, 0.15) is 5.58 Å². The maximum absolute atomic E-state index is 11.2. The number of ketones is 1. The van der Waals surface area contributed by atoms with Gasteiger partial charge in [-0.25, -0.2) is 0 Å². The Bertz CT molecular complexity index is 466. The number of rotatable bonds is 1. The zero-order valence-electron chi connectivity index (χ0n) is 7.63. The van der Waals surface area contributed by atoms with Crippen molar-refractivity contribution in [3.05, 3.63) is 35.6 Å². The standard InChI is InChI=1S/C11H10O2/c1-7-3-4-9(8(2)12)10-5-6-13-11(7)10/h3-6H,1-2H3. The van der Waals surface area contributed by atoms with E-state index >= 15 is 0 Å². The molecule has 0 aliphatic heterocycles. The Labute approximate surface area is 76.2 Å². The highest BCUT2D eigenvalue weighted by Crippen LogP contribution is 2.23. The van der Waals surface area contributed by atoms with Crippen LogP contribution in [0.1, 0.15) is 22.8 Å². The van der Waals surface area contributed by atoms with Gasteiger partial charge in [-0.05, 0) is 25.5 Å². The molecule has 0 fully saturated rings. The predicted octanol–water partition coefficient (Wildman–Crippen LogP) is 2.94. The highest BCUT2D eigenvalue weighted by molar-refractivity contribution is 6.06. The maximum atomic E-state index is 11.2. The SMILES string of the molecule is CC(=O)c1ccc(C)c2occc12. The van der Waals surface area contributed by atoms with E-state index in [0.29, 0.717) is 0 Å². The van der Waals surface area contributed by atoms with Crippen LogP contribution in [-0.4, -0.2) is 5.78 Å². The molecular formula is C11H10O2. The zero-order valence-corrected chi connectivity index (χ0v) is 7.63. The molecule has 0 saturated heterocycles. The van der Waals surface area contributed by atoms with Crippen LogP contribution in [0, 0.1) is 6.92 Å². The van der Waals surface area contributed by atoms with E-state index in [4.69, 9.17) is 4.42 Å². The molecule has 2 nitrogen and oxygen atoms in total. The summed E-state index contributed by atoms with van der Waals surface area (Å²) < 4.78 is 5.29. The molecule has 0 N–H and O–H groups in total. The van der Waals surface area contributed by atoms with Crippen molar-refractivity contribution in [2.75, 3.05) is 0 Å². The van der Waals surface area contributed by atoms with Gasteiger partial charge in [0.25, 0.3) is 0 Å². The van der Waals surface area contributed by atoms with Crippen molar-refractivity contribution in [2.24, 2.45) is 0 Å². The molecule has 2 heteroatoms. The van der Waals surface area contributed by atoms with Gasteiger partial charge in [0.2, 0.25) is 0 Å². The number of carbonyl (C=O) groups excluding carboxylic acids is 1. The van der Waals surface area contributed by atoms with Gasteiger partial charge in [0.05, 0.1) is 6.26 Å². The fraction of sp³-hybridized carbons (Fsp3) is 0.182. The number of furan rings is 1. The summed E-state index contributed by atoms with van der Waals surface area (Å²) in [4.78, 5) is 11.2. The Balaban J connectivity index is 2.86. The predicted molar refractivity (Wildman–Crippen MR) is 51.0 cm³/mol. The Kier molecular flexibility index (Phi) is 1.69. The molecule has 0 aliphatic rings. The van der Waals surface area contributed by atoms with Crippen LogP contribution in [-0.2, 0) is 0 Å². The molecule has 13 heavy (non-hydrogen) atoms. The molecule has 0 unspecified atom stereocenters. The highest BCUT2D eigenvalue weighted by Gasteiger charge is 2.08. The number of hydrogen-bond donors (Lipinski definition) is 0. The number of hydrogen-bond acceptors (Lipinski definition) is 2. The number of aryl methyl sites for hydroxylation is 1. The lowest BCUT2D eigenvalue weighted by molar-refractivity contribution is 0.101. The Hall–Kier alpha value is -1.57. The summed E-state index contributed by atoms with van der Waals surface area (Å²) in [5.74, 6) is 0.0754. The maximum Gasteiger partial charge on any atom is 0.160 e. The van der Waals surface area contributed by atoms with E-state index in [9.17, 15) is 4.79 Å². The van der Waals surface area contributed by atoms with Crippen LogP contribution < -0.4 is 0 Å². The van der Waals surface area contributed by atoms with Crippen LogP contribution in [0.2, 0.25) is 0 Å². The summed E-state index contributed by atoms with van der Waals surface area (Å²) in [6.07, 6.45) is 1.62. The summed E-state index contributed by atoms with van der Waals surface area (Å²) in [7, 11) is 0. The van der Waals surface area contributed by atoms with Crippen molar-refractivity contribution >= 4 is 16.8 Å². The van der Waals surface area contributed by atoms with Crippen molar-refractivity contribution in [1.82, 2.24) is 0 Å². The summed E-state index contributed by atoms with van der Waals surface area (Å²) in [5.41, 5.74) is 2.60. The van der Waals surface area contributed by atoms with Crippen molar-refractivity contribution in [3.8, 4) is 0 Å². The van der Waals surface area contributed by atoms with Gasteiger partial charge >= 0.3 is 0 Å². The molecule has 0 saturated carbocycles. The summed E-state index contributed by atoms with van der Waals surface area (Å²) in [6.45, 7) is 3.53. The minimum atomic E-state index is 0.0754. The van der Waals surface area contributed by atoms with Gasteiger partial charge in [-0.15, -0.1) is 0 Å². The normalized spacial score (nSPS) is 10.6. The quantitative estimate of drug-likeness (QED) is 0.622. The second-order valence-corrected chi connectivity index (χ2v) is 3.15. The molecule has 66 valence electrons. The zero-order chi connectivity index (χ0) is 9.42. The largest absolute Gasteiger partial charge is 0.464 e. The first-order valence-corrected chi connectivity index (χ1v) is 4.18. The fourth-order valence-electron chi connectivity index (χ4n) is 1.51. The van der Waals surface area contributed by atoms with Crippen LogP contribution in [0.5, 0.6) is 0 Å². The Morgan fingerprint density at radius 1 is 1.31 bits per heavy atom. The highest BCUT2D eigenvalue weighted by atomic mass is 16.3. The van der Waals surface area contributed by atoms with Crippen LogP contribution >= 0.6 is 0 Å². The van der Waals surface area contributed by atoms with Crippen LogP contribution in [0.3, 0.4) is 0 Å². The van der Waals surface area contributed by atoms with Crippen LogP contribution in [0.25, 0.3) is 11.0 Å². The first-order valence-electron chi connectivity index (χ1n) is 4.18. The molecule has 0 atom stereocenters. The summed E-state index contributed by atoms with van der Waals surface area (Å²) in [6, 6.07) is 5.58. The average Bonchev–Trinajstić information content (AvgIpc) is 2.53. The monoisotopic (exact) mass is 174 g/mol. The minimum Gasteiger partial charge on any atom is -0.464 e. The molecule has 0 bridgehead atoms. The third kappa shape index (κ3) is 1.15. The second-order valence-electron chi connectivity index (χ2n) is 3.15. The average molecular weight is 174 g/mol. The molecule has 1 heterocycles. The van der Waals surface area contributed by atoms with E-state index in [-0.39, 0.29) is 5.78 Å². The van der Waals surface area contributed by atoms with E-state index in [1.54, 1.807) is 13.2 Å². The topological polar surface area (TPSA) is 30.2 Å². The molecule has 0 aliphatic carbocycles. The van der Waals surface area contributed by atoms with Crippen molar-refractivity contribution in [3.63, 3.8) is 0 Å².